The molecular formula is C16H16ClN5O3S2. The summed E-state index contributed by atoms with van der Waals surface area (Å²) in [5, 5.41) is 13.9. The first-order chi connectivity index (χ1) is 13.0. The van der Waals surface area contributed by atoms with Crippen molar-refractivity contribution < 1.29 is 14.3 Å². The highest BCUT2D eigenvalue weighted by molar-refractivity contribution is 8.01. The number of hydrogen-bond donors (Lipinski definition) is 3. The number of nitrogens with zero attached hydrogens (tertiary/aromatic N) is 2. The number of nitrogen functional groups attached to an aromatic ring is 1. The maximum Gasteiger partial charge on any atom is 0.338 e. The quantitative estimate of drug-likeness (QED) is 0.480. The molecule has 2 amide bonds. The summed E-state index contributed by atoms with van der Waals surface area (Å²) in [6.07, 6.45) is 0. The van der Waals surface area contributed by atoms with Crippen LogP contribution in [0.2, 0.25) is 5.02 Å². The summed E-state index contributed by atoms with van der Waals surface area (Å²) in [6.45, 7) is 1.93. The Balaban J connectivity index is 1.99. The minimum atomic E-state index is -0.721. The first-order valence-corrected chi connectivity index (χ1v) is 10.1. The molecular weight excluding hydrogens is 410 g/mol. The number of thioether (sulfide) groups is 1. The molecule has 11 heteroatoms. The lowest BCUT2D eigenvalue weighted by atomic mass is 9.95. The van der Waals surface area contributed by atoms with Crippen molar-refractivity contribution in [1.29, 1.82) is 0 Å². The SMILES string of the molecule is CCOC(=O)C1=C(CSc2nnc(N)s2)NC(=O)N[C@H]1c1ccccc1Cl. The average molecular weight is 426 g/mol. The van der Waals surface area contributed by atoms with E-state index in [1.165, 1.54) is 23.1 Å². The maximum absolute atomic E-state index is 12.7. The third kappa shape index (κ3) is 4.52. The number of esters is 1. The Bertz CT molecular complexity index is 902. The lowest BCUT2D eigenvalue weighted by Crippen LogP contribution is -2.46. The van der Waals surface area contributed by atoms with Gasteiger partial charge >= 0.3 is 12.0 Å². The zero-order valence-electron chi connectivity index (χ0n) is 14.2. The van der Waals surface area contributed by atoms with Crippen LogP contribution in [0, 0.1) is 0 Å². The van der Waals surface area contributed by atoms with Crippen molar-refractivity contribution in [2.45, 2.75) is 17.3 Å². The van der Waals surface area contributed by atoms with Gasteiger partial charge in [0.05, 0.1) is 18.2 Å². The van der Waals surface area contributed by atoms with Gasteiger partial charge < -0.3 is 21.1 Å². The second kappa shape index (κ2) is 8.59. The highest BCUT2D eigenvalue weighted by Crippen LogP contribution is 2.34. The number of benzene rings is 1. The van der Waals surface area contributed by atoms with Gasteiger partial charge in [-0.15, -0.1) is 10.2 Å². The lowest BCUT2D eigenvalue weighted by molar-refractivity contribution is -0.139. The Kier molecular flexibility index (Phi) is 6.19. The van der Waals surface area contributed by atoms with Gasteiger partial charge in [-0.1, -0.05) is 52.9 Å². The van der Waals surface area contributed by atoms with Gasteiger partial charge in [0.15, 0.2) is 4.34 Å². The minimum Gasteiger partial charge on any atom is -0.463 e. The number of aromatic nitrogens is 2. The molecule has 1 atom stereocenters. The highest BCUT2D eigenvalue weighted by Gasteiger charge is 2.34. The Morgan fingerprint density at radius 2 is 2.19 bits per heavy atom. The van der Waals surface area contributed by atoms with Gasteiger partial charge in [-0.05, 0) is 18.6 Å². The molecule has 27 heavy (non-hydrogen) atoms. The number of ether oxygens (including phenoxy) is 1. The second-order valence-electron chi connectivity index (χ2n) is 5.36. The van der Waals surface area contributed by atoms with Crippen LogP contribution in [0.3, 0.4) is 0 Å². The normalized spacial score (nSPS) is 16.7. The third-order valence-electron chi connectivity index (χ3n) is 3.63. The number of carbonyl (C=O) groups is 2. The van der Waals surface area contributed by atoms with Gasteiger partial charge in [-0.3, -0.25) is 0 Å². The predicted octanol–water partition coefficient (Wildman–Crippen LogP) is 2.74. The number of rotatable bonds is 6. The van der Waals surface area contributed by atoms with Crippen LogP contribution in [0.4, 0.5) is 9.93 Å². The lowest BCUT2D eigenvalue weighted by Gasteiger charge is -2.29. The Hall–Kier alpha value is -2.30. The summed E-state index contributed by atoms with van der Waals surface area (Å²) in [4.78, 5) is 24.9. The first kappa shape index (κ1) is 19.5. The van der Waals surface area contributed by atoms with Crippen LogP contribution < -0.4 is 16.4 Å². The van der Waals surface area contributed by atoms with E-state index in [-0.39, 0.29) is 12.4 Å². The Morgan fingerprint density at radius 3 is 2.85 bits per heavy atom. The molecule has 0 spiro atoms. The number of hydrogen-bond acceptors (Lipinski definition) is 8. The van der Waals surface area contributed by atoms with Crippen LogP contribution in [0.1, 0.15) is 18.5 Å². The fourth-order valence-corrected chi connectivity index (χ4v) is 4.39. The average Bonchev–Trinajstić information content (AvgIpc) is 3.05. The molecule has 1 aliphatic rings. The van der Waals surface area contributed by atoms with Gasteiger partial charge in [0.25, 0.3) is 0 Å². The summed E-state index contributed by atoms with van der Waals surface area (Å²) in [7, 11) is 0. The van der Waals surface area contributed by atoms with E-state index >= 15 is 0 Å². The molecule has 0 saturated heterocycles. The van der Waals surface area contributed by atoms with E-state index in [4.69, 9.17) is 22.1 Å². The molecule has 0 fully saturated rings. The monoisotopic (exact) mass is 425 g/mol. The molecule has 0 radical (unpaired) electrons. The molecule has 2 heterocycles. The van der Waals surface area contributed by atoms with Crippen LogP contribution in [0.15, 0.2) is 39.9 Å². The third-order valence-corrected chi connectivity index (χ3v) is 5.88. The largest absolute Gasteiger partial charge is 0.463 e. The summed E-state index contributed by atoms with van der Waals surface area (Å²) < 4.78 is 5.84. The molecule has 0 saturated carbocycles. The smallest absolute Gasteiger partial charge is 0.338 e. The minimum absolute atomic E-state index is 0.207. The van der Waals surface area contributed by atoms with Gasteiger partial charge in [0.2, 0.25) is 5.13 Å². The van der Waals surface area contributed by atoms with Gasteiger partial charge in [-0.2, -0.15) is 0 Å². The van der Waals surface area contributed by atoms with E-state index < -0.39 is 18.0 Å². The van der Waals surface area contributed by atoms with E-state index in [0.29, 0.717) is 31.3 Å². The van der Waals surface area contributed by atoms with Crippen molar-refractivity contribution in [3.05, 3.63) is 46.1 Å². The van der Waals surface area contributed by atoms with Crippen molar-refractivity contribution >= 4 is 51.8 Å². The summed E-state index contributed by atoms with van der Waals surface area (Å²) >= 11 is 8.83. The number of urea groups is 1. The van der Waals surface area contributed by atoms with Crippen molar-refractivity contribution in [1.82, 2.24) is 20.8 Å². The molecule has 142 valence electrons. The molecule has 2 aromatic rings. The van der Waals surface area contributed by atoms with E-state index in [2.05, 4.69) is 20.8 Å². The molecule has 0 bridgehead atoms. The Labute approximate surface area is 168 Å². The summed E-state index contributed by atoms with van der Waals surface area (Å²) in [5.41, 5.74) is 6.93. The van der Waals surface area contributed by atoms with Crippen LogP contribution in [0.5, 0.6) is 0 Å². The van der Waals surface area contributed by atoms with E-state index in [9.17, 15) is 9.59 Å². The van der Waals surface area contributed by atoms with Gasteiger partial charge in [0, 0.05) is 16.5 Å². The fraction of sp³-hybridized carbons (Fsp3) is 0.250. The van der Waals surface area contributed by atoms with E-state index in [1.807, 2.05) is 0 Å². The zero-order chi connectivity index (χ0) is 19.4. The first-order valence-electron chi connectivity index (χ1n) is 7.93. The predicted molar refractivity (Wildman–Crippen MR) is 105 cm³/mol. The number of amides is 2. The highest BCUT2D eigenvalue weighted by atomic mass is 35.5. The molecule has 0 aliphatic carbocycles. The number of halogens is 1. The fourth-order valence-electron chi connectivity index (χ4n) is 2.54. The molecule has 1 aromatic heterocycles. The zero-order valence-corrected chi connectivity index (χ0v) is 16.6. The summed E-state index contributed by atoms with van der Waals surface area (Å²) in [6, 6.07) is 5.87. The number of nitrogens with one attached hydrogen (secondary N) is 2. The van der Waals surface area contributed by atoms with Crippen LogP contribution in [-0.4, -0.2) is 34.6 Å². The molecule has 1 aromatic carbocycles. The maximum atomic E-state index is 12.7. The standard InChI is InChI=1S/C16H16ClN5O3S2/c1-2-25-13(23)11-10(7-26-16-22-21-14(18)27-16)19-15(24)20-12(11)8-5-3-4-6-9(8)17/h3-6,12H,2,7H2,1H3,(H2,18,21)(H2,19,20,24)/t12-/m0/s1. The molecule has 4 N–H and O–H groups in total. The molecule has 8 nitrogen and oxygen atoms in total. The second-order valence-corrected chi connectivity index (χ2v) is 8.00. The summed E-state index contributed by atoms with van der Waals surface area (Å²) in [5.74, 6) is -0.237. The van der Waals surface area contributed by atoms with E-state index in [1.54, 1.807) is 31.2 Å². The number of nitrogens with two attached hydrogens (primary N) is 1. The van der Waals surface area contributed by atoms with Crippen molar-refractivity contribution in [3.63, 3.8) is 0 Å². The topological polar surface area (TPSA) is 119 Å². The van der Waals surface area contributed by atoms with E-state index in [0.717, 1.165) is 0 Å². The number of anilines is 1. The van der Waals surface area contributed by atoms with Crippen molar-refractivity contribution in [2.75, 3.05) is 18.1 Å². The molecule has 1 aliphatic heterocycles. The van der Waals surface area contributed by atoms with Crippen LogP contribution >= 0.6 is 34.7 Å². The van der Waals surface area contributed by atoms with Crippen molar-refractivity contribution in [3.8, 4) is 0 Å². The molecule has 0 unspecified atom stereocenters. The van der Waals surface area contributed by atoms with Gasteiger partial charge in [0.1, 0.15) is 0 Å². The molecule has 3 rings (SSSR count). The van der Waals surface area contributed by atoms with Crippen LogP contribution in [0.25, 0.3) is 0 Å². The number of carbonyl (C=O) groups excluding carboxylic acids is 2. The van der Waals surface area contributed by atoms with Crippen molar-refractivity contribution in [2.24, 2.45) is 0 Å². The van der Waals surface area contributed by atoms with Crippen LogP contribution in [-0.2, 0) is 9.53 Å². The van der Waals surface area contributed by atoms with Gasteiger partial charge in [-0.25, -0.2) is 9.59 Å². The Morgan fingerprint density at radius 1 is 1.41 bits per heavy atom.